The van der Waals surface area contributed by atoms with Crippen LogP contribution in [0.1, 0.15) is 16.8 Å². The first kappa shape index (κ1) is 14.3. The van der Waals surface area contributed by atoms with E-state index >= 15 is 0 Å². The van der Waals surface area contributed by atoms with Crippen molar-refractivity contribution in [1.82, 2.24) is 15.1 Å². The first-order chi connectivity index (χ1) is 9.58. The van der Waals surface area contributed by atoms with Crippen LogP contribution in [0.15, 0.2) is 36.5 Å². The van der Waals surface area contributed by atoms with Crippen LogP contribution in [0, 0.1) is 6.92 Å². The quantitative estimate of drug-likeness (QED) is 0.880. The van der Waals surface area contributed by atoms with Gasteiger partial charge in [-0.25, -0.2) is 0 Å². The molecule has 0 aliphatic rings. The molecule has 1 aromatic carbocycles. The molecule has 20 heavy (non-hydrogen) atoms. The van der Waals surface area contributed by atoms with Crippen LogP contribution in [0.4, 0.5) is 0 Å². The van der Waals surface area contributed by atoms with E-state index in [1.807, 2.05) is 32.2 Å². The van der Waals surface area contributed by atoms with Gasteiger partial charge in [-0.2, -0.15) is 5.10 Å². The third-order valence-corrected chi connectivity index (χ3v) is 3.45. The number of amides is 1. The molecular weight excluding hydrogens is 274 g/mol. The summed E-state index contributed by atoms with van der Waals surface area (Å²) in [6, 6.07) is 7.38. The van der Waals surface area contributed by atoms with Gasteiger partial charge >= 0.3 is 0 Å². The average Bonchev–Trinajstić information content (AvgIpc) is 2.76. The number of nitrogens with zero attached hydrogens (tertiary/aromatic N) is 2. The van der Waals surface area contributed by atoms with Gasteiger partial charge in [0.1, 0.15) is 0 Å². The largest absolute Gasteiger partial charge is 0.348 e. The first-order valence-corrected chi connectivity index (χ1v) is 6.63. The van der Waals surface area contributed by atoms with E-state index in [2.05, 4.69) is 10.4 Å². The van der Waals surface area contributed by atoms with Crippen molar-refractivity contribution in [2.45, 2.75) is 13.5 Å². The number of nitrogens with one attached hydrogen (secondary N) is 1. The molecule has 2 rings (SSSR count). The highest BCUT2D eigenvalue weighted by Crippen LogP contribution is 2.16. The normalized spacial score (nSPS) is 10.9. The van der Waals surface area contributed by atoms with Gasteiger partial charge in [-0.15, -0.1) is 0 Å². The molecule has 2 aromatic rings. The molecule has 0 radical (unpaired) electrons. The van der Waals surface area contributed by atoms with Crippen LogP contribution < -0.4 is 5.32 Å². The molecule has 1 amide bonds. The van der Waals surface area contributed by atoms with Gasteiger partial charge in [0.15, 0.2) is 0 Å². The number of hydrogen-bond donors (Lipinski definition) is 1. The maximum absolute atomic E-state index is 11.8. The maximum Gasteiger partial charge on any atom is 0.244 e. The minimum Gasteiger partial charge on any atom is -0.348 e. The standard InChI is InChI=1S/C15H16ClN3O/c1-11-13(10-18-19(11)2)9-17-15(20)8-7-12-5-3-4-6-14(12)16/h3-8,10H,9H2,1-2H3,(H,17,20)/b8-7+. The number of benzene rings is 1. The minimum atomic E-state index is -0.159. The highest BCUT2D eigenvalue weighted by Gasteiger charge is 2.04. The zero-order chi connectivity index (χ0) is 14.5. The summed E-state index contributed by atoms with van der Waals surface area (Å²) in [4.78, 5) is 11.8. The third-order valence-electron chi connectivity index (χ3n) is 3.11. The zero-order valence-electron chi connectivity index (χ0n) is 11.4. The summed E-state index contributed by atoms with van der Waals surface area (Å²) in [5.74, 6) is -0.159. The van der Waals surface area contributed by atoms with Crippen molar-refractivity contribution in [3.05, 3.63) is 58.4 Å². The molecule has 5 heteroatoms. The maximum atomic E-state index is 11.8. The number of hydrogen-bond acceptors (Lipinski definition) is 2. The number of halogens is 1. The Hall–Kier alpha value is -2.07. The van der Waals surface area contributed by atoms with Crippen molar-refractivity contribution in [1.29, 1.82) is 0 Å². The van der Waals surface area contributed by atoms with Crippen LogP contribution in [0.25, 0.3) is 6.08 Å². The van der Waals surface area contributed by atoms with Crippen molar-refractivity contribution >= 4 is 23.6 Å². The van der Waals surface area contributed by atoms with Gasteiger partial charge in [0.25, 0.3) is 0 Å². The molecule has 0 bridgehead atoms. The highest BCUT2D eigenvalue weighted by atomic mass is 35.5. The van der Waals surface area contributed by atoms with Gasteiger partial charge in [0.05, 0.1) is 6.20 Å². The molecule has 0 atom stereocenters. The van der Waals surface area contributed by atoms with Crippen molar-refractivity contribution in [3.8, 4) is 0 Å². The Morgan fingerprint density at radius 2 is 2.20 bits per heavy atom. The molecule has 0 aliphatic carbocycles. The van der Waals surface area contributed by atoms with E-state index in [-0.39, 0.29) is 5.91 Å². The Labute approximate surface area is 123 Å². The number of aromatic nitrogens is 2. The van der Waals surface area contributed by atoms with Crippen LogP contribution >= 0.6 is 11.6 Å². The van der Waals surface area contributed by atoms with Crippen molar-refractivity contribution in [2.75, 3.05) is 0 Å². The summed E-state index contributed by atoms with van der Waals surface area (Å²) in [5.41, 5.74) is 2.87. The molecule has 104 valence electrons. The summed E-state index contributed by atoms with van der Waals surface area (Å²) >= 11 is 6.01. The Balaban J connectivity index is 1.93. The lowest BCUT2D eigenvalue weighted by molar-refractivity contribution is -0.116. The lowest BCUT2D eigenvalue weighted by atomic mass is 10.2. The monoisotopic (exact) mass is 289 g/mol. The SMILES string of the molecule is Cc1c(CNC(=O)/C=C/c2ccccc2Cl)cnn1C. The Morgan fingerprint density at radius 1 is 1.45 bits per heavy atom. The van der Waals surface area contributed by atoms with Gasteiger partial charge in [0, 0.05) is 35.9 Å². The zero-order valence-corrected chi connectivity index (χ0v) is 12.2. The fraction of sp³-hybridized carbons (Fsp3) is 0.200. The molecule has 0 aliphatic heterocycles. The smallest absolute Gasteiger partial charge is 0.244 e. The van der Waals surface area contributed by atoms with E-state index < -0.39 is 0 Å². The van der Waals surface area contributed by atoms with E-state index in [4.69, 9.17) is 11.6 Å². The Bertz CT molecular complexity index is 646. The molecule has 1 heterocycles. The molecule has 0 fully saturated rings. The second kappa shape index (κ2) is 6.39. The fourth-order valence-corrected chi connectivity index (χ4v) is 1.93. The highest BCUT2D eigenvalue weighted by molar-refractivity contribution is 6.32. The van der Waals surface area contributed by atoms with Crippen LogP contribution in [0.5, 0.6) is 0 Å². The summed E-state index contributed by atoms with van der Waals surface area (Å²) in [6.07, 6.45) is 4.94. The van der Waals surface area contributed by atoms with Crippen molar-refractivity contribution < 1.29 is 4.79 Å². The Kier molecular flexibility index (Phi) is 4.58. The number of rotatable bonds is 4. The lowest BCUT2D eigenvalue weighted by Crippen LogP contribution is -2.20. The topological polar surface area (TPSA) is 46.9 Å². The first-order valence-electron chi connectivity index (χ1n) is 6.26. The van der Waals surface area contributed by atoms with E-state index in [1.54, 1.807) is 23.0 Å². The summed E-state index contributed by atoms with van der Waals surface area (Å²) in [5, 5.41) is 7.57. The predicted molar refractivity (Wildman–Crippen MR) is 80.3 cm³/mol. The fourth-order valence-electron chi connectivity index (χ4n) is 1.73. The lowest BCUT2D eigenvalue weighted by Gasteiger charge is -2.02. The van der Waals surface area contributed by atoms with Gasteiger partial charge in [-0.1, -0.05) is 29.8 Å². The number of aryl methyl sites for hydroxylation is 1. The van der Waals surface area contributed by atoms with E-state index in [1.165, 1.54) is 6.08 Å². The van der Waals surface area contributed by atoms with Crippen molar-refractivity contribution in [3.63, 3.8) is 0 Å². The summed E-state index contributed by atoms with van der Waals surface area (Å²) in [7, 11) is 1.87. The van der Waals surface area contributed by atoms with Crippen molar-refractivity contribution in [2.24, 2.45) is 7.05 Å². The number of carbonyl (C=O) groups excluding carboxylic acids is 1. The summed E-state index contributed by atoms with van der Waals surface area (Å²) < 4.78 is 1.78. The van der Waals surface area contributed by atoms with Gasteiger partial charge in [-0.05, 0) is 24.6 Å². The molecule has 1 aromatic heterocycles. The molecule has 0 unspecified atom stereocenters. The van der Waals surface area contributed by atoms with Crippen LogP contribution in [-0.2, 0) is 18.4 Å². The molecule has 4 nitrogen and oxygen atoms in total. The van der Waals surface area contributed by atoms with Gasteiger partial charge < -0.3 is 5.32 Å². The third kappa shape index (κ3) is 3.48. The van der Waals surface area contributed by atoms with E-state index in [9.17, 15) is 4.79 Å². The van der Waals surface area contributed by atoms with Crippen LogP contribution in [-0.4, -0.2) is 15.7 Å². The van der Waals surface area contributed by atoms with Gasteiger partial charge in [0.2, 0.25) is 5.91 Å². The second-order valence-corrected chi connectivity index (χ2v) is 4.86. The minimum absolute atomic E-state index is 0.159. The van der Waals surface area contributed by atoms with E-state index in [0.29, 0.717) is 11.6 Å². The van der Waals surface area contributed by atoms with Crippen LogP contribution in [0.2, 0.25) is 5.02 Å². The summed E-state index contributed by atoms with van der Waals surface area (Å²) in [6.45, 7) is 2.43. The number of carbonyl (C=O) groups is 1. The predicted octanol–water partition coefficient (Wildman–Crippen LogP) is 2.71. The average molecular weight is 290 g/mol. The molecule has 0 spiro atoms. The van der Waals surface area contributed by atoms with Crippen LogP contribution in [0.3, 0.4) is 0 Å². The second-order valence-electron chi connectivity index (χ2n) is 4.45. The molecular formula is C15H16ClN3O. The van der Waals surface area contributed by atoms with Gasteiger partial charge in [-0.3, -0.25) is 9.48 Å². The molecule has 0 saturated heterocycles. The molecule has 1 N–H and O–H groups in total. The Morgan fingerprint density at radius 3 is 2.85 bits per heavy atom. The van der Waals surface area contributed by atoms with E-state index in [0.717, 1.165) is 16.8 Å². The molecule has 0 saturated carbocycles.